The van der Waals surface area contributed by atoms with Crippen LogP contribution in [0.25, 0.3) is 0 Å². The van der Waals surface area contributed by atoms with Gasteiger partial charge in [-0.25, -0.2) is 4.39 Å². The number of benzene rings is 2. The van der Waals surface area contributed by atoms with E-state index >= 15 is 0 Å². The first-order valence-electron chi connectivity index (χ1n) is 6.26. The molecule has 0 fully saturated rings. The minimum absolute atomic E-state index is 0.00387. The number of ketones is 1. The van der Waals surface area contributed by atoms with Gasteiger partial charge in [0.25, 0.3) is 0 Å². The summed E-state index contributed by atoms with van der Waals surface area (Å²) in [5.74, 6) is -0.394. The molecule has 2 rings (SSSR count). The predicted octanol–water partition coefficient (Wildman–Crippen LogP) is 4.42. The normalized spacial score (nSPS) is 10.4. The second-order valence-electron chi connectivity index (χ2n) is 4.39. The monoisotopic (exact) mass is 292 g/mol. The van der Waals surface area contributed by atoms with E-state index in [4.69, 9.17) is 16.3 Å². The Labute approximate surface area is 122 Å². The molecule has 0 aliphatic rings. The summed E-state index contributed by atoms with van der Waals surface area (Å²) in [5.41, 5.74) is 1.61. The molecule has 2 aromatic carbocycles. The van der Waals surface area contributed by atoms with Crippen LogP contribution in [-0.2, 0) is 0 Å². The van der Waals surface area contributed by atoms with Crippen molar-refractivity contribution in [3.05, 3.63) is 63.9 Å². The summed E-state index contributed by atoms with van der Waals surface area (Å²) in [4.78, 5) is 12.5. The van der Waals surface area contributed by atoms with E-state index in [0.29, 0.717) is 17.9 Å². The maximum atomic E-state index is 13.5. The number of halogens is 2. The topological polar surface area (TPSA) is 26.3 Å². The molecule has 0 N–H and O–H groups in total. The third-order valence-electron chi connectivity index (χ3n) is 2.86. The molecule has 20 heavy (non-hydrogen) atoms. The van der Waals surface area contributed by atoms with Crippen molar-refractivity contribution in [2.75, 3.05) is 6.61 Å². The minimum Gasteiger partial charge on any atom is -0.493 e. The molecule has 0 atom stereocenters. The number of aryl methyl sites for hydroxylation is 1. The Morgan fingerprint density at radius 3 is 2.65 bits per heavy atom. The van der Waals surface area contributed by atoms with Gasteiger partial charge in [-0.2, -0.15) is 0 Å². The fraction of sp³-hybridized carbons (Fsp3) is 0.188. The number of hydrogen-bond donors (Lipinski definition) is 0. The summed E-state index contributed by atoms with van der Waals surface area (Å²) in [5, 5.41) is -0.00387. The van der Waals surface area contributed by atoms with Crippen LogP contribution in [-0.4, -0.2) is 12.4 Å². The van der Waals surface area contributed by atoms with Crippen LogP contribution < -0.4 is 4.74 Å². The lowest BCUT2D eigenvalue weighted by Gasteiger charge is -2.10. The van der Waals surface area contributed by atoms with Crippen LogP contribution in [0.4, 0.5) is 4.39 Å². The largest absolute Gasteiger partial charge is 0.493 e. The van der Waals surface area contributed by atoms with Crippen LogP contribution in [0.5, 0.6) is 5.75 Å². The van der Waals surface area contributed by atoms with Gasteiger partial charge in [0, 0.05) is 5.56 Å². The molecule has 0 saturated carbocycles. The van der Waals surface area contributed by atoms with Crippen molar-refractivity contribution in [3.8, 4) is 5.75 Å². The second-order valence-corrected chi connectivity index (χ2v) is 4.80. The van der Waals surface area contributed by atoms with Gasteiger partial charge in [-0.15, -0.1) is 0 Å². The van der Waals surface area contributed by atoms with E-state index in [-0.39, 0.29) is 16.4 Å². The standard InChI is InChI=1S/C16H14ClFO2/c1-3-20-15-7-4-10(2)8-12(15)16(19)11-5-6-13(17)14(18)9-11/h4-9H,3H2,1-2H3. The zero-order chi connectivity index (χ0) is 14.7. The van der Waals surface area contributed by atoms with Crippen LogP contribution in [0, 0.1) is 12.7 Å². The first kappa shape index (κ1) is 14.5. The van der Waals surface area contributed by atoms with E-state index in [1.807, 2.05) is 19.9 Å². The lowest BCUT2D eigenvalue weighted by molar-refractivity contribution is 0.103. The maximum absolute atomic E-state index is 13.5. The zero-order valence-electron chi connectivity index (χ0n) is 11.2. The molecule has 104 valence electrons. The average molecular weight is 293 g/mol. The van der Waals surface area contributed by atoms with Crippen molar-refractivity contribution in [1.82, 2.24) is 0 Å². The van der Waals surface area contributed by atoms with Gasteiger partial charge in [-0.05, 0) is 44.2 Å². The van der Waals surface area contributed by atoms with Crippen molar-refractivity contribution in [2.24, 2.45) is 0 Å². The van der Waals surface area contributed by atoms with Crippen molar-refractivity contribution in [2.45, 2.75) is 13.8 Å². The molecule has 0 bridgehead atoms. The van der Waals surface area contributed by atoms with Gasteiger partial charge in [0.2, 0.25) is 0 Å². The Balaban J connectivity index is 2.46. The fourth-order valence-electron chi connectivity index (χ4n) is 1.90. The van der Waals surface area contributed by atoms with E-state index in [1.54, 1.807) is 12.1 Å². The zero-order valence-corrected chi connectivity index (χ0v) is 12.0. The molecule has 0 aliphatic carbocycles. The van der Waals surface area contributed by atoms with Crippen molar-refractivity contribution < 1.29 is 13.9 Å². The van der Waals surface area contributed by atoms with Crippen molar-refractivity contribution in [1.29, 1.82) is 0 Å². The highest BCUT2D eigenvalue weighted by Crippen LogP contribution is 2.25. The Morgan fingerprint density at radius 1 is 1.25 bits per heavy atom. The Hall–Kier alpha value is -1.87. The van der Waals surface area contributed by atoms with E-state index < -0.39 is 5.82 Å². The third-order valence-corrected chi connectivity index (χ3v) is 3.17. The molecule has 2 nitrogen and oxygen atoms in total. The molecule has 0 amide bonds. The first-order valence-corrected chi connectivity index (χ1v) is 6.64. The van der Waals surface area contributed by atoms with Gasteiger partial charge in [0.15, 0.2) is 5.78 Å². The SMILES string of the molecule is CCOc1ccc(C)cc1C(=O)c1ccc(Cl)c(F)c1. The molecular weight excluding hydrogens is 279 g/mol. The number of carbonyl (C=O) groups is 1. The number of rotatable bonds is 4. The summed E-state index contributed by atoms with van der Waals surface area (Å²) in [6.45, 7) is 4.18. The molecule has 4 heteroatoms. The quantitative estimate of drug-likeness (QED) is 0.780. The summed E-state index contributed by atoms with van der Waals surface area (Å²) >= 11 is 5.63. The highest BCUT2D eigenvalue weighted by atomic mass is 35.5. The van der Waals surface area contributed by atoms with Gasteiger partial charge >= 0.3 is 0 Å². The van der Waals surface area contributed by atoms with E-state index in [1.165, 1.54) is 12.1 Å². The highest BCUT2D eigenvalue weighted by Gasteiger charge is 2.16. The Morgan fingerprint density at radius 2 is 2.00 bits per heavy atom. The summed E-state index contributed by atoms with van der Waals surface area (Å²) in [6.07, 6.45) is 0. The Kier molecular flexibility index (Phi) is 4.40. The molecule has 0 heterocycles. The molecular formula is C16H14ClFO2. The molecule has 0 radical (unpaired) electrons. The predicted molar refractivity (Wildman–Crippen MR) is 77.2 cm³/mol. The molecule has 0 aromatic heterocycles. The number of carbonyl (C=O) groups excluding carboxylic acids is 1. The second kappa shape index (κ2) is 6.06. The summed E-state index contributed by atoms with van der Waals surface area (Å²) in [6, 6.07) is 9.37. The smallest absolute Gasteiger partial charge is 0.196 e. The fourth-order valence-corrected chi connectivity index (χ4v) is 2.01. The minimum atomic E-state index is -0.608. The van der Waals surface area contributed by atoms with Crippen molar-refractivity contribution in [3.63, 3.8) is 0 Å². The molecule has 0 spiro atoms. The van der Waals surface area contributed by atoms with Gasteiger partial charge < -0.3 is 4.74 Å². The third kappa shape index (κ3) is 2.99. The Bertz CT molecular complexity index is 653. The first-order chi connectivity index (χ1) is 9.52. The van der Waals surface area contributed by atoms with Gasteiger partial charge in [0.05, 0.1) is 17.2 Å². The summed E-state index contributed by atoms with van der Waals surface area (Å²) < 4.78 is 18.9. The lowest BCUT2D eigenvalue weighted by Crippen LogP contribution is -2.06. The maximum Gasteiger partial charge on any atom is 0.196 e. The van der Waals surface area contributed by atoms with Crippen LogP contribution in [0.15, 0.2) is 36.4 Å². The molecule has 0 unspecified atom stereocenters. The van der Waals surface area contributed by atoms with Gasteiger partial charge in [-0.1, -0.05) is 23.2 Å². The molecule has 0 aliphatic heterocycles. The number of ether oxygens (including phenoxy) is 1. The summed E-state index contributed by atoms with van der Waals surface area (Å²) in [7, 11) is 0. The number of hydrogen-bond acceptors (Lipinski definition) is 2. The van der Waals surface area contributed by atoms with Crippen molar-refractivity contribution >= 4 is 17.4 Å². The van der Waals surface area contributed by atoms with E-state index in [2.05, 4.69) is 0 Å². The van der Waals surface area contributed by atoms with Crippen LogP contribution in [0.2, 0.25) is 5.02 Å². The van der Waals surface area contributed by atoms with Gasteiger partial charge in [-0.3, -0.25) is 4.79 Å². The van der Waals surface area contributed by atoms with Crippen LogP contribution >= 0.6 is 11.6 Å². The van der Waals surface area contributed by atoms with Crippen LogP contribution in [0.1, 0.15) is 28.4 Å². The van der Waals surface area contributed by atoms with Crippen LogP contribution in [0.3, 0.4) is 0 Å². The van der Waals surface area contributed by atoms with E-state index in [9.17, 15) is 9.18 Å². The molecule has 2 aromatic rings. The highest BCUT2D eigenvalue weighted by molar-refractivity contribution is 6.30. The van der Waals surface area contributed by atoms with Gasteiger partial charge in [0.1, 0.15) is 11.6 Å². The van der Waals surface area contributed by atoms with E-state index in [0.717, 1.165) is 11.6 Å². The molecule has 0 saturated heterocycles. The average Bonchev–Trinajstić information content (AvgIpc) is 2.43. The lowest BCUT2D eigenvalue weighted by atomic mass is 10.0.